The van der Waals surface area contributed by atoms with Crippen LogP contribution in [0, 0.1) is 5.82 Å². The van der Waals surface area contributed by atoms with E-state index in [1.165, 1.54) is 12.1 Å². The Balaban J connectivity index is 1.29. The maximum Gasteiger partial charge on any atom is 0.165 e. The lowest BCUT2D eigenvalue weighted by atomic mass is 10.0. The monoisotopic (exact) mass is 599 g/mol. The van der Waals surface area contributed by atoms with E-state index in [9.17, 15) is 4.39 Å². The Kier molecular flexibility index (Phi) is 7.14. The molecule has 0 saturated carbocycles. The minimum atomic E-state index is -0.227. The molecule has 0 radical (unpaired) electrons. The summed E-state index contributed by atoms with van der Waals surface area (Å²) in [5.74, 6) is -0.0237. The van der Waals surface area contributed by atoms with Crippen molar-refractivity contribution in [3.63, 3.8) is 0 Å². The van der Waals surface area contributed by atoms with Crippen LogP contribution in [0.2, 0.25) is 0 Å². The first-order valence-electron chi connectivity index (χ1n) is 12.8. The summed E-state index contributed by atoms with van der Waals surface area (Å²) in [4.78, 5) is 5.03. The maximum absolute atomic E-state index is 13.6. The van der Waals surface area contributed by atoms with Gasteiger partial charge in [-0.3, -0.25) is 5.43 Å². The van der Waals surface area contributed by atoms with Gasteiger partial charge in [0.25, 0.3) is 0 Å². The number of pyridine rings is 1. The molecule has 5 aromatic rings. The normalized spacial score (nSPS) is 15.4. The van der Waals surface area contributed by atoms with Crippen molar-refractivity contribution in [3.05, 3.63) is 117 Å². The van der Waals surface area contributed by atoms with Crippen LogP contribution < -0.4 is 10.7 Å². The van der Waals surface area contributed by atoms with Crippen LogP contribution in [0.4, 0.5) is 4.39 Å². The lowest BCUT2D eigenvalue weighted by molar-refractivity contribution is 0.626. The Morgan fingerprint density at radius 1 is 1.08 bits per heavy atom. The minimum Gasteiger partial charge on any atom is -0.355 e. The predicted octanol–water partition coefficient (Wildman–Crippen LogP) is 7.80. The number of para-hydroxylation sites is 1. The van der Waals surface area contributed by atoms with Crippen LogP contribution in [-0.2, 0) is 6.54 Å². The first kappa shape index (κ1) is 25.6. The molecule has 1 unspecified atom stereocenters. The Bertz CT molecular complexity index is 1710. The van der Waals surface area contributed by atoms with Gasteiger partial charge in [-0.25, -0.2) is 9.37 Å². The van der Waals surface area contributed by atoms with Crippen LogP contribution in [0.3, 0.4) is 0 Å². The molecule has 196 valence electrons. The number of hydrogen-bond donors (Lipinski definition) is 2. The molecule has 1 aliphatic heterocycles. The average Bonchev–Trinajstić information content (AvgIpc) is 3.53. The highest BCUT2D eigenvalue weighted by atomic mass is 79.9. The van der Waals surface area contributed by atoms with Gasteiger partial charge in [0.1, 0.15) is 5.82 Å². The molecule has 0 aliphatic carbocycles. The summed E-state index contributed by atoms with van der Waals surface area (Å²) in [6, 6.07) is 25.5. The zero-order valence-electron chi connectivity index (χ0n) is 21.5. The number of nitrogens with one attached hydrogen (secondary N) is 2. The van der Waals surface area contributed by atoms with Crippen LogP contribution in [0.1, 0.15) is 42.3 Å². The third-order valence-electron chi connectivity index (χ3n) is 6.75. The molecule has 0 amide bonds. The van der Waals surface area contributed by atoms with Crippen molar-refractivity contribution in [1.82, 2.24) is 20.3 Å². The summed E-state index contributed by atoms with van der Waals surface area (Å²) in [6.07, 6.45) is 1.79. The van der Waals surface area contributed by atoms with Gasteiger partial charge in [-0.15, -0.1) is 0 Å². The van der Waals surface area contributed by atoms with Crippen LogP contribution in [0.15, 0.2) is 93.8 Å². The zero-order valence-corrected chi connectivity index (χ0v) is 23.9. The topological polar surface area (TPSA) is 54.2 Å². The highest BCUT2D eigenvalue weighted by molar-refractivity contribution is 9.10. The van der Waals surface area contributed by atoms with Crippen molar-refractivity contribution in [2.45, 2.75) is 31.8 Å². The van der Waals surface area contributed by atoms with E-state index in [4.69, 9.17) is 4.98 Å². The van der Waals surface area contributed by atoms with E-state index >= 15 is 0 Å². The van der Waals surface area contributed by atoms with Crippen LogP contribution in [0.5, 0.6) is 0 Å². The first-order chi connectivity index (χ1) is 19.0. The van der Waals surface area contributed by atoms with Gasteiger partial charge < -0.3 is 9.88 Å². The summed E-state index contributed by atoms with van der Waals surface area (Å²) < 4.78 is 16.9. The van der Waals surface area contributed by atoms with E-state index in [1.807, 2.05) is 24.3 Å². The second-order valence-electron chi connectivity index (χ2n) is 9.80. The van der Waals surface area contributed by atoms with E-state index in [0.29, 0.717) is 6.54 Å². The molecule has 2 N–H and O–H groups in total. The van der Waals surface area contributed by atoms with Gasteiger partial charge >= 0.3 is 0 Å². The highest BCUT2D eigenvalue weighted by Gasteiger charge is 2.19. The van der Waals surface area contributed by atoms with Crippen LogP contribution >= 0.6 is 27.7 Å². The molecular weight excluding hydrogens is 573 g/mol. The number of halogens is 2. The van der Waals surface area contributed by atoms with Gasteiger partial charge in [0.15, 0.2) is 5.50 Å². The van der Waals surface area contributed by atoms with E-state index in [-0.39, 0.29) is 17.2 Å². The number of thioether (sulfide) groups is 1. The summed E-state index contributed by atoms with van der Waals surface area (Å²) in [5, 5.41) is 12.4. The van der Waals surface area contributed by atoms with Crippen molar-refractivity contribution in [2.75, 3.05) is 0 Å². The SMILES string of the molecule is CC(C)c1nc(C=NNC2NC(c3ccc(Br)cc3)=CS2)cc2c3ccccc3n(Cc3ccc(F)cc3)c12. The molecular formula is C31H27BrFN5S. The number of aromatic nitrogens is 2. The van der Waals surface area contributed by atoms with Gasteiger partial charge in [0.05, 0.1) is 28.8 Å². The molecule has 6 rings (SSSR count). The fraction of sp³-hybridized carbons (Fsp3) is 0.161. The number of fused-ring (bicyclic) bond motifs is 3. The fourth-order valence-electron chi connectivity index (χ4n) is 4.89. The van der Waals surface area contributed by atoms with E-state index in [0.717, 1.165) is 54.5 Å². The standard InChI is InChI=1S/C31H27BrFN5S/c1-19(2)29-30-26(25-5-3-4-6-28(25)38(30)17-20-7-13-23(33)14-8-20)15-24(35-29)16-34-37-31-36-27(18-39-31)21-9-11-22(32)12-10-21/h3-16,18-19,31,36-37H,17H2,1-2H3. The third-order valence-corrected chi connectivity index (χ3v) is 8.14. The number of benzene rings is 3. The molecule has 5 nitrogen and oxygen atoms in total. The molecule has 39 heavy (non-hydrogen) atoms. The molecule has 0 fully saturated rings. The van der Waals surface area contributed by atoms with E-state index < -0.39 is 0 Å². The molecule has 3 aromatic carbocycles. The highest BCUT2D eigenvalue weighted by Crippen LogP contribution is 2.34. The zero-order chi connectivity index (χ0) is 26.9. The third kappa shape index (κ3) is 5.31. The van der Waals surface area contributed by atoms with E-state index in [2.05, 4.69) is 98.1 Å². The molecule has 0 spiro atoms. The number of hydrazone groups is 1. The number of hydrogen-bond acceptors (Lipinski definition) is 5. The predicted molar refractivity (Wildman–Crippen MR) is 164 cm³/mol. The van der Waals surface area contributed by atoms with Gasteiger partial charge in [0.2, 0.25) is 0 Å². The van der Waals surface area contributed by atoms with Crippen molar-refractivity contribution >= 4 is 61.4 Å². The molecule has 8 heteroatoms. The van der Waals surface area contributed by atoms with Crippen molar-refractivity contribution < 1.29 is 4.39 Å². The Hall–Kier alpha value is -3.62. The molecule has 0 saturated heterocycles. The van der Waals surface area contributed by atoms with Crippen LogP contribution in [-0.4, -0.2) is 21.3 Å². The molecule has 1 atom stereocenters. The smallest absolute Gasteiger partial charge is 0.165 e. The average molecular weight is 601 g/mol. The van der Waals surface area contributed by atoms with Gasteiger partial charge in [0, 0.05) is 27.3 Å². The molecule has 0 bridgehead atoms. The second-order valence-corrected chi connectivity index (χ2v) is 11.7. The number of rotatable bonds is 7. The van der Waals surface area contributed by atoms with Crippen molar-refractivity contribution in [1.29, 1.82) is 0 Å². The summed E-state index contributed by atoms with van der Waals surface area (Å²) in [7, 11) is 0. The summed E-state index contributed by atoms with van der Waals surface area (Å²) >= 11 is 5.13. The Morgan fingerprint density at radius 3 is 2.62 bits per heavy atom. The largest absolute Gasteiger partial charge is 0.355 e. The number of nitrogens with zero attached hydrogens (tertiary/aromatic N) is 3. The Morgan fingerprint density at radius 2 is 1.85 bits per heavy atom. The van der Waals surface area contributed by atoms with Gasteiger partial charge in [-0.05, 0) is 58.9 Å². The van der Waals surface area contributed by atoms with Crippen molar-refractivity contribution in [3.8, 4) is 0 Å². The molecule has 3 heterocycles. The van der Waals surface area contributed by atoms with Crippen LogP contribution in [0.25, 0.3) is 27.5 Å². The lowest BCUT2D eigenvalue weighted by Gasteiger charge is -2.14. The fourth-order valence-corrected chi connectivity index (χ4v) is 5.95. The molecule has 1 aliphatic rings. The van der Waals surface area contributed by atoms with Gasteiger partial charge in [-0.1, -0.05) is 84.0 Å². The van der Waals surface area contributed by atoms with Gasteiger partial charge in [-0.2, -0.15) is 5.10 Å². The summed E-state index contributed by atoms with van der Waals surface area (Å²) in [6.45, 7) is 4.96. The maximum atomic E-state index is 13.6. The first-order valence-corrected chi connectivity index (χ1v) is 14.5. The lowest BCUT2D eigenvalue weighted by Crippen LogP contribution is -2.31. The second kappa shape index (κ2) is 10.9. The molecule has 2 aromatic heterocycles. The summed E-state index contributed by atoms with van der Waals surface area (Å²) in [5.41, 5.74) is 10.4. The quantitative estimate of drug-likeness (QED) is 0.148. The Labute approximate surface area is 239 Å². The minimum absolute atomic E-state index is 0.0641. The van der Waals surface area contributed by atoms with E-state index in [1.54, 1.807) is 18.0 Å². The van der Waals surface area contributed by atoms with Crippen molar-refractivity contribution in [2.24, 2.45) is 5.10 Å².